The Morgan fingerprint density at radius 3 is 1.92 bits per heavy atom. The second-order valence-corrected chi connectivity index (χ2v) is 9.17. The molecule has 0 fully saturated rings. The number of rotatable bonds is 10. The van der Waals surface area contributed by atoms with Crippen molar-refractivity contribution < 1.29 is 24.0 Å². The van der Waals surface area contributed by atoms with Crippen LogP contribution in [0.1, 0.15) is 54.6 Å². The van der Waals surface area contributed by atoms with E-state index in [1.54, 1.807) is 20.8 Å². The summed E-state index contributed by atoms with van der Waals surface area (Å²) < 4.78 is 0.106. The van der Waals surface area contributed by atoms with Crippen LogP contribution in [0.5, 0.6) is 0 Å². The van der Waals surface area contributed by atoms with Crippen LogP contribution in [0.4, 0.5) is 17.2 Å². The third kappa shape index (κ3) is 6.18. The van der Waals surface area contributed by atoms with Gasteiger partial charge in [0.15, 0.2) is 5.82 Å². The SMILES string of the molecule is C=C(Br)C(=O)Nc1n[nH]c(C(=O)Nc2c[nH]c(C(=O)Nc3c[nH]c(C(=O)NCCC(N)=O)c3C)c2C)c1C. The molecule has 3 aromatic heterocycles. The van der Waals surface area contributed by atoms with Gasteiger partial charge < -0.3 is 37.0 Å². The van der Waals surface area contributed by atoms with Gasteiger partial charge in [0.25, 0.3) is 23.6 Å². The molecule has 0 spiro atoms. The van der Waals surface area contributed by atoms with Crippen LogP contribution in [0.2, 0.25) is 0 Å². The van der Waals surface area contributed by atoms with E-state index in [0.717, 1.165) is 0 Å². The molecule has 15 heteroatoms. The number of carbonyl (C=O) groups excluding carboxylic acids is 5. The number of primary amides is 1. The average Bonchev–Trinajstić information content (AvgIpc) is 3.51. The quantitative estimate of drug-likeness (QED) is 0.165. The van der Waals surface area contributed by atoms with Crippen LogP contribution in [0.25, 0.3) is 0 Å². The summed E-state index contributed by atoms with van der Waals surface area (Å²) in [7, 11) is 0. The number of hydrogen-bond acceptors (Lipinski definition) is 6. The maximum Gasteiger partial charge on any atom is 0.274 e. The zero-order valence-corrected chi connectivity index (χ0v) is 22.3. The molecular formula is C23H26BrN9O5. The van der Waals surface area contributed by atoms with Crippen LogP contribution in [-0.2, 0) is 9.59 Å². The molecule has 5 amide bonds. The second kappa shape index (κ2) is 11.6. The van der Waals surface area contributed by atoms with E-state index in [1.807, 2.05) is 0 Å². The number of nitrogens with zero attached hydrogens (tertiary/aromatic N) is 1. The summed E-state index contributed by atoms with van der Waals surface area (Å²) in [6, 6.07) is 0. The molecule has 200 valence electrons. The van der Waals surface area contributed by atoms with E-state index in [2.05, 4.69) is 63.9 Å². The Bertz CT molecular complexity index is 1450. The minimum absolute atomic E-state index is 0.00498. The monoisotopic (exact) mass is 587 g/mol. The second-order valence-electron chi connectivity index (χ2n) is 8.22. The Kier molecular flexibility index (Phi) is 8.52. The van der Waals surface area contributed by atoms with E-state index < -0.39 is 29.5 Å². The number of nitrogens with one attached hydrogen (secondary N) is 7. The molecule has 0 saturated carbocycles. The molecule has 0 saturated heterocycles. The van der Waals surface area contributed by atoms with Crippen LogP contribution in [0.3, 0.4) is 0 Å². The highest BCUT2D eigenvalue weighted by atomic mass is 79.9. The van der Waals surface area contributed by atoms with Gasteiger partial charge in [-0.05, 0) is 36.7 Å². The predicted octanol–water partition coefficient (Wildman–Crippen LogP) is 1.95. The summed E-state index contributed by atoms with van der Waals surface area (Å²) in [4.78, 5) is 66.3. The van der Waals surface area contributed by atoms with E-state index >= 15 is 0 Å². The molecule has 0 atom stereocenters. The molecule has 0 aromatic carbocycles. The van der Waals surface area contributed by atoms with Crippen molar-refractivity contribution in [3.63, 3.8) is 0 Å². The van der Waals surface area contributed by atoms with Crippen molar-refractivity contribution in [2.45, 2.75) is 27.2 Å². The van der Waals surface area contributed by atoms with E-state index in [0.29, 0.717) is 28.1 Å². The molecule has 14 nitrogen and oxygen atoms in total. The zero-order chi connectivity index (χ0) is 28.1. The summed E-state index contributed by atoms with van der Waals surface area (Å²) in [6.07, 6.45) is 2.94. The summed E-state index contributed by atoms with van der Waals surface area (Å²) in [5.74, 6) is -2.33. The number of H-pyrrole nitrogens is 3. The van der Waals surface area contributed by atoms with Gasteiger partial charge in [-0.1, -0.05) is 6.58 Å². The number of nitrogens with two attached hydrogens (primary N) is 1. The lowest BCUT2D eigenvalue weighted by Crippen LogP contribution is -2.28. The largest absolute Gasteiger partial charge is 0.370 e. The number of anilines is 3. The van der Waals surface area contributed by atoms with Crippen molar-refractivity contribution in [3.05, 3.63) is 57.2 Å². The molecule has 0 aliphatic carbocycles. The van der Waals surface area contributed by atoms with E-state index in [4.69, 9.17) is 5.73 Å². The Labute approximate surface area is 224 Å². The molecule has 0 aliphatic heterocycles. The highest BCUT2D eigenvalue weighted by Gasteiger charge is 2.22. The minimum atomic E-state index is -0.534. The van der Waals surface area contributed by atoms with Crippen LogP contribution in [-0.4, -0.2) is 56.2 Å². The highest BCUT2D eigenvalue weighted by molar-refractivity contribution is 9.12. The van der Waals surface area contributed by atoms with Gasteiger partial charge in [0.05, 0.1) is 15.9 Å². The van der Waals surface area contributed by atoms with E-state index in [9.17, 15) is 24.0 Å². The first-order valence-corrected chi connectivity index (χ1v) is 12.0. The number of amides is 5. The van der Waals surface area contributed by atoms with Crippen molar-refractivity contribution in [3.8, 4) is 0 Å². The van der Waals surface area contributed by atoms with Crippen LogP contribution in [0.15, 0.2) is 23.5 Å². The third-order valence-electron chi connectivity index (χ3n) is 5.60. The summed E-state index contributed by atoms with van der Waals surface area (Å²) in [5, 5.41) is 17.0. The van der Waals surface area contributed by atoms with Gasteiger partial charge in [-0.3, -0.25) is 29.1 Å². The van der Waals surface area contributed by atoms with Crippen LogP contribution in [0, 0.1) is 20.8 Å². The zero-order valence-electron chi connectivity index (χ0n) is 20.7. The number of halogens is 1. The summed E-state index contributed by atoms with van der Waals surface area (Å²) in [5.41, 5.74) is 7.72. The fourth-order valence-electron chi connectivity index (χ4n) is 3.40. The normalized spacial score (nSPS) is 10.5. The molecular weight excluding hydrogens is 562 g/mol. The van der Waals surface area contributed by atoms with Crippen molar-refractivity contribution in [2.75, 3.05) is 22.5 Å². The standard InChI is InChI=1S/C23H26BrN9O5/c1-9-13(7-27-16(9)21(36)26-6-5-15(25)34)29-22(37)17-10(2)14(8-28-17)30-23(38)18-11(3)19(33-32-18)31-20(35)12(4)24/h7-8,27-28H,4-6H2,1-3H3,(H2,25,34)(H,26,36)(H,29,37)(H,30,38)(H2,31,32,33,35). The Morgan fingerprint density at radius 2 is 1.39 bits per heavy atom. The predicted molar refractivity (Wildman–Crippen MR) is 143 cm³/mol. The van der Waals surface area contributed by atoms with Gasteiger partial charge in [0, 0.05) is 42.0 Å². The number of hydrogen-bond donors (Lipinski definition) is 8. The molecule has 3 rings (SSSR count). The van der Waals surface area contributed by atoms with Crippen LogP contribution >= 0.6 is 15.9 Å². The van der Waals surface area contributed by atoms with Gasteiger partial charge in [-0.2, -0.15) is 5.10 Å². The Balaban J connectivity index is 1.67. The maximum absolute atomic E-state index is 12.9. The number of aromatic nitrogens is 4. The number of carbonyl (C=O) groups is 5. The van der Waals surface area contributed by atoms with Gasteiger partial charge >= 0.3 is 0 Å². The molecule has 38 heavy (non-hydrogen) atoms. The Morgan fingerprint density at radius 1 is 0.868 bits per heavy atom. The van der Waals surface area contributed by atoms with Crippen molar-refractivity contribution >= 4 is 62.7 Å². The minimum Gasteiger partial charge on any atom is -0.370 e. The van der Waals surface area contributed by atoms with Crippen molar-refractivity contribution in [2.24, 2.45) is 5.73 Å². The number of aromatic amines is 3. The first-order chi connectivity index (χ1) is 17.9. The molecule has 9 N–H and O–H groups in total. The molecule has 3 aromatic rings. The lowest BCUT2D eigenvalue weighted by atomic mass is 10.2. The lowest BCUT2D eigenvalue weighted by Gasteiger charge is -2.07. The average molecular weight is 588 g/mol. The van der Waals surface area contributed by atoms with Gasteiger partial charge in [0.1, 0.15) is 17.1 Å². The van der Waals surface area contributed by atoms with Crippen molar-refractivity contribution in [1.82, 2.24) is 25.5 Å². The Hall–Kier alpha value is -4.66. The lowest BCUT2D eigenvalue weighted by molar-refractivity contribution is -0.118. The smallest absolute Gasteiger partial charge is 0.274 e. The first kappa shape index (κ1) is 27.9. The molecule has 0 aliphatic rings. The van der Waals surface area contributed by atoms with Crippen LogP contribution < -0.4 is 27.0 Å². The third-order valence-corrected chi connectivity index (χ3v) is 5.96. The fraction of sp³-hybridized carbons (Fsp3) is 0.217. The van der Waals surface area contributed by atoms with Gasteiger partial charge in [0.2, 0.25) is 5.91 Å². The van der Waals surface area contributed by atoms with Gasteiger partial charge in [-0.15, -0.1) is 0 Å². The summed E-state index contributed by atoms with van der Waals surface area (Å²) in [6.45, 7) is 8.48. The van der Waals surface area contributed by atoms with Gasteiger partial charge in [-0.25, -0.2) is 0 Å². The van der Waals surface area contributed by atoms with E-state index in [1.165, 1.54) is 12.4 Å². The fourth-order valence-corrected chi connectivity index (χ4v) is 3.49. The summed E-state index contributed by atoms with van der Waals surface area (Å²) >= 11 is 2.98. The van der Waals surface area contributed by atoms with Crippen molar-refractivity contribution in [1.29, 1.82) is 0 Å². The molecule has 0 bridgehead atoms. The van der Waals surface area contributed by atoms with E-state index in [-0.39, 0.29) is 40.3 Å². The molecule has 0 unspecified atom stereocenters. The molecule has 3 heterocycles. The molecule has 0 radical (unpaired) electrons. The maximum atomic E-state index is 12.9. The first-order valence-electron chi connectivity index (χ1n) is 11.2. The topological polar surface area (TPSA) is 220 Å². The highest BCUT2D eigenvalue weighted by Crippen LogP contribution is 2.24.